The van der Waals surface area contributed by atoms with E-state index in [1.165, 1.54) is 24.3 Å². The fourth-order valence-electron chi connectivity index (χ4n) is 5.49. The van der Waals surface area contributed by atoms with E-state index >= 15 is 0 Å². The molecule has 1 spiro atoms. The molecule has 3 aliphatic heterocycles. The van der Waals surface area contributed by atoms with E-state index in [0.717, 1.165) is 26.2 Å². The van der Waals surface area contributed by atoms with Crippen molar-refractivity contribution in [2.75, 3.05) is 52.4 Å². The molecular formula is C29H30N4O6. The lowest BCUT2D eigenvalue weighted by atomic mass is 9.77. The number of nitrogens with one attached hydrogen (secondary N) is 3. The molecule has 3 aromatic carbocycles. The number of benzene rings is 3. The Morgan fingerprint density at radius 1 is 0.744 bits per heavy atom. The van der Waals surface area contributed by atoms with Crippen LogP contribution in [0, 0.1) is 0 Å². The van der Waals surface area contributed by atoms with Gasteiger partial charge in [0.15, 0.2) is 5.60 Å². The number of ether oxygens (including phenoxy) is 2. The maximum absolute atomic E-state index is 13.6. The first-order chi connectivity index (χ1) is 19.0. The Labute approximate surface area is 225 Å². The Hall–Kier alpha value is -4.12. The number of carbonyl (C=O) groups excluding carboxylic acids is 2. The molecule has 202 valence electrons. The molecule has 1 amide bonds. The monoisotopic (exact) mass is 530 g/mol. The summed E-state index contributed by atoms with van der Waals surface area (Å²) in [6.45, 7) is 5.76. The number of carbonyl (C=O) groups is 2. The fraction of sp³-hybridized carbons (Fsp3) is 0.310. The molecular weight excluding hydrogens is 500 g/mol. The number of hydrogen-bond donors (Lipinski definition) is 5. The van der Waals surface area contributed by atoms with Gasteiger partial charge in [-0.25, -0.2) is 4.79 Å². The lowest BCUT2D eigenvalue weighted by molar-refractivity contribution is 0.0224. The van der Waals surface area contributed by atoms with Crippen LogP contribution in [0.4, 0.5) is 0 Å². The Kier molecular flexibility index (Phi) is 6.59. The van der Waals surface area contributed by atoms with Gasteiger partial charge >= 0.3 is 5.97 Å². The molecule has 5 N–H and O–H groups in total. The second kappa shape index (κ2) is 10.2. The Bertz CT molecular complexity index is 1380. The van der Waals surface area contributed by atoms with Crippen LogP contribution in [-0.4, -0.2) is 79.3 Å². The van der Waals surface area contributed by atoms with Crippen molar-refractivity contribution >= 4 is 11.9 Å². The van der Waals surface area contributed by atoms with E-state index in [-0.39, 0.29) is 23.0 Å². The number of amides is 1. The third-order valence-electron chi connectivity index (χ3n) is 7.38. The number of phenolic OH excluding ortho intramolecular Hbond substituents is 2. The van der Waals surface area contributed by atoms with Gasteiger partial charge in [0, 0.05) is 86.7 Å². The molecule has 3 aromatic rings. The van der Waals surface area contributed by atoms with E-state index in [2.05, 4.69) is 16.0 Å². The zero-order chi connectivity index (χ0) is 27.0. The van der Waals surface area contributed by atoms with E-state index in [9.17, 15) is 19.8 Å². The number of hydrogen-bond acceptors (Lipinski definition) is 9. The highest BCUT2D eigenvalue weighted by atomic mass is 16.6. The van der Waals surface area contributed by atoms with Crippen LogP contribution in [0.1, 0.15) is 37.4 Å². The van der Waals surface area contributed by atoms with E-state index in [0.29, 0.717) is 59.9 Å². The summed E-state index contributed by atoms with van der Waals surface area (Å²) in [6.07, 6.45) is 0. The van der Waals surface area contributed by atoms with Crippen molar-refractivity contribution in [3.05, 3.63) is 82.4 Å². The SMILES string of the molecule is O=C1OC2(c3ccc(O)cc3Oc3cc(O)ccc32)c2ccc(C(=O)N3CCNCCNCCNCC3)cc21. The van der Waals surface area contributed by atoms with Crippen LogP contribution in [0.2, 0.25) is 0 Å². The quantitative estimate of drug-likeness (QED) is 0.299. The first-order valence-electron chi connectivity index (χ1n) is 13.1. The summed E-state index contributed by atoms with van der Waals surface area (Å²) in [5, 5.41) is 30.3. The minimum atomic E-state index is -1.35. The maximum Gasteiger partial charge on any atom is 0.340 e. The Balaban J connectivity index is 1.38. The largest absolute Gasteiger partial charge is 0.508 e. The molecule has 0 aromatic heterocycles. The van der Waals surface area contributed by atoms with Gasteiger partial charge in [-0.2, -0.15) is 0 Å². The summed E-state index contributed by atoms with van der Waals surface area (Å²) in [4.78, 5) is 28.8. The lowest BCUT2D eigenvalue weighted by Gasteiger charge is -2.36. The highest BCUT2D eigenvalue weighted by Crippen LogP contribution is 2.57. The molecule has 3 aliphatic rings. The number of nitrogens with zero attached hydrogens (tertiary/aromatic N) is 1. The van der Waals surface area contributed by atoms with Gasteiger partial charge in [0.05, 0.1) is 5.56 Å². The van der Waals surface area contributed by atoms with Gasteiger partial charge in [-0.05, 0) is 36.4 Å². The van der Waals surface area contributed by atoms with Crippen molar-refractivity contribution in [1.82, 2.24) is 20.9 Å². The average Bonchev–Trinajstić information content (AvgIpc) is 3.20. The standard InChI is InChI=1S/C29H30N4O6/c34-19-2-5-23-25(16-19)38-26-17-20(35)3-6-24(26)29(23)22-4-1-18(15-21(22)28(37)39-29)27(36)33-13-11-31-9-7-30-8-10-32-12-14-33/h1-6,15-17,30-32,34-35H,7-14H2. The predicted molar refractivity (Wildman–Crippen MR) is 143 cm³/mol. The van der Waals surface area contributed by atoms with Gasteiger partial charge in [0.1, 0.15) is 23.0 Å². The van der Waals surface area contributed by atoms with Crippen LogP contribution < -0.4 is 20.7 Å². The van der Waals surface area contributed by atoms with E-state index in [1.807, 2.05) is 0 Å². The van der Waals surface area contributed by atoms with E-state index in [4.69, 9.17) is 9.47 Å². The van der Waals surface area contributed by atoms with Gasteiger partial charge in [-0.15, -0.1) is 0 Å². The van der Waals surface area contributed by atoms with Gasteiger partial charge in [0.2, 0.25) is 0 Å². The summed E-state index contributed by atoms with van der Waals surface area (Å²) >= 11 is 0. The van der Waals surface area contributed by atoms with Crippen molar-refractivity contribution in [1.29, 1.82) is 0 Å². The van der Waals surface area contributed by atoms with Gasteiger partial charge in [-0.1, -0.05) is 6.07 Å². The minimum Gasteiger partial charge on any atom is -0.508 e. The predicted octanol–water partition coefficient (Wildman–Crippen LogP) is 1.89. The highest BCUT2D eigenvalue weighted by Gasteiger charge is 2.53. The van der Waals surface area contributed by atoms with Crippen LogP contribution in [0.25, 0.3) is 0 Å². The third-order valence-corrected chi connectivity index (χ3v) is 7.38. The zero-order valence-electron chi connectivity index (χ0n) is 21.3. The van der Waals surface area contributed by atoms with Crippen molar-refractivity contribution in [3.63, 3.8) is 0 Å². The van der Waals surface area contributed by atoms with Gasteiger partial charge < -0.3 is 40.5 Å². The molecule has 0 atom stereocenters. The van der Waals surface area contributed by atoms with Crippen LogP contribution in [0.5, 0.6) is 23.0 Å². The molecule has 0 aliphatic carbocycles. The van der Waals surface area contributed by atoms with Crippen LogP contribution in [0.3, 0.4) is 0 Å². The number of phenols is 2. The Morgan fingerprint density at radius 3 is 1.87 bits per heavy atom. The Morgan fingerprint density at radius 2 is 1.28 bits per heavy atom. The summed E-state index contributed by atoms with van der Waals surface area (Å²) in [5.74, 6) is -0.127. The third kappa shape index (κ3) is 4.46. The minimum absolute atomic E-state index is 0.00989. The number of aromatic hydroxyl groups is 2. The summed E-state index contributed by atoms with van der Waals surface area (Å²) in [6, 6.07) is 14.3. The summed E-state index contributed by atoms with van der Waals surface area (Å²) in [5.41, 5.74) is 0.987. The molecule has 3 heterocycles. The smallest absolute Gasteiger partial charge is 0.340 e. The second-order valence-electron chi connectivity index (χ2n) is 9.84. The molecule has 0 bridgehead atoms. The first kappa shape index (κ1) is 25.2. The molecule has 0 radical (unpaired) electrons. The van der Waals surface area contributed by atoms with E-state index < -0.39 is 11.6 Å². The van der Waals surface area contributed by atoms with Crippen molar-refractivity contribution in [2.24, 2.45) is 0 Å². The normalized spacial score (nSPS) is 18.6. The number of fused-ring (bicyclic) bond motifs is 6. The van der Waals surface area contributed by atoms with Crippen LogP contribution in [0.15, 0.2) is 54.6 Å². The molecule has 10 heteroatoms. The molecule has 6 rings (SSSR count). The molecule has 1 fully saturated rings. The fourth-order valence-corrected chi connectivity index (χ4v) is 5.49. The van der Waals surface area contributed by atoms with Crippen LogP contribution in [-0.2, 0) is 10.3 Å². The van der Waals surface area contributed by atoms with Gasteiger partial charge in [-0.3, -0.25) is 4.79 Å². The average molecular weight is 531 g/mol. The lowest BCUT2D eigenvalue weighted by Crippen LogP contribution is -2.44. The molecule has 10 nitrogen and oxygen atoms in total. The number of esters is 1. The maximum atomic E-state index is 13.6. The van der Waals surface area contributed by atoms with Gasteiger partial charge in [0.25, 0.3) is 5.91 Å². The first-order valence-corrected chi connectivity index (χ1v) is 13.1. The molecule has 1 saturated heterocycles. The topological polar surface area (TPSA) is 132 Å². The highest BCUT2D eigenvalue weighted by molar-refractivity contribution is 6.01. The summed E-state index contributed by atoms with van der Waals surface area (Å²) < 4.78 is 12.1. The van der Waals surface area contributed by atoms with Crippen LogP contribution >= 0.6 is 0 Å². The summed E-state index contributed by atoms with van der Waals surface area (Å²) in [7, 11) is 0. The van der Waals surface area contributed by atoms with Crippen molar-refractivity contribution in [2.45, 2.75) is 5.60 Å². The molecule has 0 saturated carbocycles. The second-order valence-corrected chi connectivity index (χ2v) is 9.84. The molecule has 39 heavy (non-hydrogen) atoms. The van der Waals surface area contributed by atoms with Crippen molar-refractivity contribution in [3.8, 4) is 23.0 Å². The van der Waals surface area contributed by atoms with E-state index in [1.54, 1.807) is 35.2 Å². The zero-order valence-corrected chi connectivity index (χ0v) is 21.3. The number of rotatable bonds is 1. The van der Waals surface area contributed by atoms with Crippen molar-refractivity contribution < 1.29 is 29.3 Å². The molecule has 0 unspecified atom stereocenters.